The van der Waals surface area contributed by atoms with Crippen molar-refractivity contribution in [3.8, 4) is 6.07 Å². The molecule has 78 valence electrons. The molecule has 15 heavy (non-hydrogen) atoms. The van der Waals surface area contributed by atoms with Gasteiger partial charge in [-0.25, -0.2) is 0 Å². The number of hydrogen-bond donors (Lipinski definition) is 0. The second kappa shape index (κ2) is 5.15. The van der Waals surface area contributed by atoms with E-state index in [-0.39, 0.29) is 6.42 Å². The van der Waals surface area contributed by atoms with Gasteiger partial charge in [0.05, 0.1) is 19.1 Å². The van der Waals surface area contributed by atoms with Crippen LogP contribution in [0.25, 0.3) is 0 Å². The lowest BCUT2D eigenvalue weighted by Crippen LogP contribution is -2.06. The van der Waals surface area contributed by atoms with Gasteiger partial charge in [0, 0.05) is 9.50 Å². The summed E-state index contributed by atoms with van der Waals surface area (Å²) in [6, 6.07) is 5.17. The minimum atomic E-state index is -0.396. The smallest absolute Gasteiger partial charge is 0.310 e. The molecule has 0 atom stereocenters. The van der Waals surface area contributed by atoms with E-state index in [1.807, 2.05) is 6.07 Å². The highest BCUT2D eigenvalue weighted by atomic mass is 79.9. The first kappa shape index (κ1) is 12.0. The van der Waals surface area contributed by atoms with Crippen molar-refractivity contribution in [3.05, 3.63) is 32.8 Å². The van der Waals surface area contributed by atoms with Gasteiger partial charge in [0.15, 0.2) is 0 Å². The average Bonchev–Trinajstić information content (AvgIpc) is 2.24. The molecule has 5 heteroatoms. The number of nitriles is 1. The van der Waals surface area contributed by atoms with E-state index in [0.29, 0.717) is 20.6 Å². The third-order valence-corrected chi connectivity index (χ3v) is 3.12. The first-order valence-corrected chi connectivity index (χ1v) is 5.21. The van der Waals surface area contributed by atoms with E-state index in [0.717, 1.165) is 0 Å². The van der Waals surface area contributed by atoms with Crippen LogP contribution >= 0.6 is 27.5 Å². The zero-order chi connectivity index (χ0) is 11.4. The van der Waals surface area contributed by atoms with Crippen LogP contribution < -0.4 is 0 Å². The maximum absolute atomic E-state index is 11.1. The second-order valence-corrected chi connectivity index (χ2v) is 3.95. The molecule has 1 rings (SSSR count). The van der Waals surface area contributed by atoms with Crippen LogP contribution in [0, 0.1) is 11.3 Å². The first-order chi connectivity index (χ1) is 7.10. The number of benzene rings is 1. The van der Waals surface area contributed by atoms with E-state index in [1.165, 1.54) is 7.11 Å². The maximum Gasteiger partial charge on any atom is 0.310 e. The van der Waals surface area contributed by atoms with Crippen LogP contribution in [0.1, 0.15) is 11.1 Å². The van der Waals surface area contributed by atoms with Gasteiger partial charge in [-0.2, -0.15) is 5.26 Å². The van der Waals surface area contributed by atoms with Crippen molar-refractivity contribution in [1.29, 1.82) is 5.26 Å². The van der Waals surface area contributed by atoms with Crippen molar-refractivity contribution < 1.29 is 9.53 Å². The molecule has 1 aromatic carbocycles. The summed E-state index contributed by atoms with van der Waals surface area (Å²) in [4.78, 5) is 11.1. The Bertz CT molecular complexity index is 440. The van der Waals surface area contributed by atoms with E-state index in [9.17, 15) is 4.79 Å². The summed E-state index contributed by atoms with van der Waals surface area (Å²) in [5.74, 6) is -0.396. The number of carbonyl (C=O) groups is 1. The predicted octanol–water partition coefficient (Wildman–Crippen LogP) is 2.69. The fourth-order valence-electron chi connectivity index (χ4n) is 1.06. The molecule has 0 amide bonds. The molecule has 0 spiro atoms. The van der Waals surface area contributed by atoms with Crippen molar-refractivity contribution in [2.24, 2.45) is 0 Å². The molecule has 0 N–H and O–H groups in total. The fraction of sp³-hybridized carbons (Fsp3) is 0.200. The SMILES string of the molecule is COC(=O)Cc1c(Cl)ccc(C#N)c1Br. The lowest BCUT2D eigenvalue weighted by molar-refractivity contribution is -0.139. The molecule has 0 aliphatic heterocycles. The number of ether oxygens (including phenoxy) is 1. The van der Waals surface area contributed by atoms with Gasteiger partial charge in [-0.3, -0.25) is 4.79 Å². The largest absolute Gasteiger partial charge is 0.469 e. The normalized spacial score (nSPS) is 9.47. The number of rotatable bonds is 2. The summed E-state index contributed by atoms with van der Waals surface area (Å²) in [5.41, 5.74) is 1.01. The molecule has 3 nitrogen and oxygen atoms in total. The van der Waals surface area contributed by atoms with Crippen molar-refractivity contribution in [2.45, 2.75) is 6.42 Å². The third-order valence-electron chi connectivity index (χ3n) is 1.86. The van der Waals surface area contributed by atoms with E-state index in [4.69, 9.17) is 16.9 Å². The molecule has 0 fully saturated rings. The molecule has 0 saturated heterocycles. The molecular formula is C10H7BrClNO2. The Kier molecular flexibility index (Phi) is 4.13. The van der Waals surface area contributed by atoms with Crippen LogP contribution in [-0.4, -0.2) is 13.1 Å². The van der Waals surface area contributed by atoms with E-state index < -0.39 is 5.97 Å². The molecule has 0 saturated carbocycles. The zero-order valence-corrected chi connectivity index (χ0v) is 10.2. The molecule has 0 aliphatic rings. The lowest BCUT2D eigenvalue weighted by atomic mass is 10.1. The Morgan fingerprint density at radius 2 is 2.33 bits per heavy atom. The Hall–Kier alpha value is -1.05. The van der Waals surface area contributed by atoms with E-state index in [1.54, 1.807) is 12.1 Å². The van der Waals surface area contributed by atoms with Crippen LogP contribution in [-0.2, 0) is 16.0 Å². The molecular weight excluding hydrogens is 281 g/mol. The molecule has 0 unspecified atom stereocenters. The van der Waals surface area contributed by atoms with Crippen LogP contribution in [0.15, 0.2) is 16.6 Å². The maximum atomic E-state index is 11.1. The third kappa shape index (κ3) is 2.71. The Morgan fingerprint density at radius 3 is 2.87 bits per heavy atom. The highest BCUT2D eigenvalue weighted by Gasteiger charge is 2.13. The number of carbonyl (C=O) groups excluding carboxylic acids is 1. The standard InChI is InChI=1S/C10H7BrClNO2/c1-15-9(14)4-7-8(12)3-2-6(5-13)10(7)11/h2-3H,4H2,1H3. The van der Waals surface area contributed by atoms with Crippen molar-refractivity contribution in [1.82, 2.24) is 0 Å². The number of methoxy groups -OCH3 is 1. The van der Waals surface area contributed by atoms with Gasteiger partial charge in [0.2, 0.25) is 0 Å². The average molecular weight is 289 g/mol. The summed E-state index contributed by atoms with van der Waals surface area (Å²) in [6.07, 6.45) is 0.0471. The topological polar surface area (TPSA) is 50.1 Å². The molecule has 0 aromatic heterocycles. The summed E-state index contributed by atoms with van der Waals surface area (Å²) in [5, 5.41) is 9.22. The number of halogens is 2. The molecule has 0 aliphatic carbocycles. The quantitative estimate of drug-likeness (QED) is 0.786. The van der Waals surface area contributed by atoms with Gasteiger partial charge < -0.3 is 4.74 Å². The van der Waals surface area contributed by atoms with Gasteiger partial charge in [-0.1, -0.05) is 11.6 Å². The Balaban J connectivity index is 3.16. The van der Waals surface area contributed by atoms with Crippen molar-refractivity contribution >= 4 is 33.5 Å². The minimum absolute atomic E-state index is 0.0471. The first-order valence-electron chi connectivity index (χ1n) is 4.04. The van der Waals surface area contributed by atoms with Gasteiger partial charge in [-0.05, 0) is 33.6 Å². The Labute approximate surface area is 101 Å². The predicted molar refractivity (Wildman–Crippen MR) is 59.6 cm³/mol. The lowest BCUT2D eigenvalue weighted by Gasteiger charge is -2.06. The van der Waals surface area contributed by atoms with Crippen LogP contribution in [0.3, 0.4) is 0 Å². The van der Waals surface area contributed by atoms with Crippen LogP contribution in [0.4, 0.5) is 0 Å². The van der Waals surface area contributed by atoms with Crippen LogP contribution in [0.5, 0.6) is 0 Å². The second-order valence-electron chi connectivity index (χ2n) is 2.75. The van der Waals surface area contributed by atoms with Gasteiger partial charge in [0.1, 0.15) is 6.07 Å². The number of hydrogen-bond acceptors (Lipinski definition) is 3. The van der Waals surface area contributed by atoms with E-state index in [2.05, 4.69) is 20.7 Å². The minimum Gasteiger partial charge on any atom is -0.469 e. The molecule has 0 radical (unpaired) electrons. The fourth-order valence-corrected chi connectivity index (χ4v) is 1.98. The van der Waals surface area contributed by atoms with Crippen molar-refractivity contribution in [3.63, 3.8) is 0 Å². The summed E-state index contributed by atoms with van der Waals surface area (Å²) >= 11 is 9.15. The van der Waals surface area contributed by atoms with Crippen LogP contribution in [0.2, 0.25) is 5.02 Å². The van der Waals surface area contributed by atoms with Gasteiger partial charge in [0.25, 0.3) is 0 Å². The Morgan fingerprint density at radius 1 is 1.67 bits per heavy atom. The molecule has 0 bridgehead atoms. The van der Waals surface area contributed by atoms with Gasteiger partial charge in [-0.15, -0.1) is 0 Å². The number of nitrogens with zero attached hydrogens (tertiary/aromatic N) is 1. The highest BCUT2D eigenvalue weighted by molar-refractivity contribution is 9.10. The number of esters is 1. The molecule has 0 heterocycles. The summed E-state index contributed by atoms with van der Waals surface area (Å²) in [7, 11) is 1.30. The van der Waals surface area contributed by atoms with Gasteiger partial charge >= 0.3 is 5.97 Å². The van der Waals surface area contributed by atoms with E-state index >= 15 is 0 Å². The highest BCUT2D eigenvalue weighted by Crippen LogP contribution is 2.28. The summed E-state index contributed by atoms with van der Waals surface area (Å²) < 4.78 is 5.08. The van der Waals surface area contributed by atoms with Crippen molar-refractivity contribution in [2.75, 3.05) is 7.11 Å². The monoisotopic (exact) mass is 287 g/mol. The summed E-state index contributed by atoms with van der Waals surface area (Å²) in [6.45, 7) is 0. The molecule has 1 aromatic rings. The zero-order valence-electron chi connectivity index (χ0n) is 7.88.